The average Bonchev–Trinajstić information content (AvgIpc) is 2.31. The topological polar surface area (TPSA) is 41.1 Å². The van der Waals surface area contributed by atoms with E-state index in [0.29, 0.717) is 6.54 Å². The second-order valence-corrected chi connectivity index (χ2v) is 6.95. The van der Waals surface area contributed by atoms with Crippen molar-refractivity contribution in [2.75, 3.05) is 11.9 Å². The van der Waals surface area contributed by atoms with Gasteiger partial charge in [-0.2, -0.15) is 0 Å². The Labute approximate surface area is 131 Å². The molecular weight excluding hydrogens is 372 g/mol. The zero-order valence-electron chi connectivity index (χ0n) is 11.7. The van der Waals surface area contributed by atoms with E-state index in [-0.39, 0.29) is 11.4 Å². The number of carbonyl (C=O) groups is 1. The lowest BCUT2D eigenvalue weighted by molar-refractivity contribution is -0.115. The number of aryl methyl sites for hydroxylation is 1. The van der Waals surface area contributed by atoms with Crippen LogP contribution in [-0.2, 0) is 4.79 Å². The fourth-order valence-electron chi connectivity index (χ4n) is 1.45. The average molecular weight is 392 g/mol. The van der Waals surface area contributed by atoms with Crippen molar-refractivity contribution in [3.63, 3.8) is 0 Å². The number of carbonyl (C=O) groups excluding carboxylic acids is 1. The maximum Gasteiger partial charge on any atom is 0.238 e. The normalized spacial score (nSPS) is 11.5. The largest absolute Gasteiger partial charge is 0.323 e. The quantitative estimate of drug-likeness (QED) is 0.788. The second-order valence-electron chi connectivity index (χ2n) is 5.24. The lowest BCUT2D eigenvalue weighted by Gasteiger charge is -2.24. The molecule has 1 aromatic rings. The lowest BCUT2D eigenvalue weighted by Crippen LogP contribution is -2.43. The molecule has 19 heavy (non-hydrogen) atoms. The van der Waals surface area contributed by atoms with Crippen molar-refractivity contribution in [2.45, 2.75) is 39.7 Å². The van der Waals surface area contributed by atoms with E-state index in [1.807, 2.05) is 19.1 Å². The van der Waals surface area contributed by atoms with Crippen molar-refractivity contribution in [1.29, 1.82) is 0 Å². The van der Waals surface area contributed by atoms with Crippen LogP contribution in [0.5, 0.6) is 0 Å². The summed E-state index contributed by atoms with van der Waals surface area (Å²) in [4.78, 5) is 11.9. The third kappa shape index (κ3) is 5.24. The van der Waals surface area contributed by atoms with Crippen molar-refractivity contribution in [2.24, 2.45) is 0 Å². The first-order chi connectivity index (χ1) is 8.75. The molecule has 0 heterocycles. The summed E-state index contributed by atoms with van der Waals surface area (Å²) in [6, 6.07) is 3.95. The minimum atomic E-state index is -0.0493. The predicted octanol–water partition coefficient (Wildman–Crippen LogP) is 4.24. The van der Waals surface area contributed by atoms with Crippen molar-refractivity contribution >= 4 is 43.5 Å². The van der Waals surface area contributed by atoms with Gasteiger partial charge in [0.15, 0.2) is 0 Å². The maximum atomic E-state index is 11.9. The number of nitrogens with one attached hydrogen (secondary N) is 2. The number of anilines is 1. The fourth-order valence-corrected chi connectivity index (χ4v) is 3.06. The second kappa shape index (κ2) is 6.86. The predicted molar refractivity (Wildman–Crippen MR) is 87.6 cm³/mol. The highest BCUT2D eigenvalue weighted by atomic mass is 79.9. The van der Waals surface area contributed by atoms with Crippen molar-refractivity contribution in [3.8, 4) is 0 Å². The van der Waals surface area contributed by atoms with E-state index in [4.69, 9.17) is 0 Å². The van der Waals surface area contributed by atoms with E-state index in [1.165, 1.54) is 0 Å². The molecule has 1 amide bonds. The van der Waals surface area contributed by atoms with Crippen LogP contribution in [0.2, 0.25) is 0 Å². The first-order valence-corrected chi connectivity index (χ1v) is 7.84. The molecule has 0 unspecified atom stereocenters. The highest BCUT2D eigenvalue weighted by Gasteiger charge is 2.16. The van der Waals surface area contributed by atoms with Gasteiger partial charge < -0.3 is 10.6 Å². The van der Waals surface area contributed by atoms with Crippen LogP contribution in [0.25, 0.3) is 0 Å². The molecule has 1 aromatic carbocycles. The van der Waals surface area contributed by atoms with Crippen molar-refractivity contribution in [3.05, 3.63) is 26.6 Å². The molecule has 0 bridgehead atoms. The van der Waals surface area contributed by atoms with E-state index < -0.39 is 0 Å². The van der Waals surface area contributed by atoms with Gasteiger partial charge in [-0.15, -0.1) is 0 Å². The fraction of sp³-hybridized carbons (Fsp3) is 0.500. The standard InChI is InChI=1S/C14H20Br2N2O/c1-5-14(3,4)17-8-12(19)18-13-10(15)6-9(2)7-11(13)16/h6-7,17H,5,8H2,1-4H3,(H,18,19). The molecule has 0 saturated heterocycles. The summed E-state index contributed by atoms with van der Waals surface area (Å²) in [6.45, 7) is 8.56. The Morgan fingerprint density at radius 3 is 2.26 bits per heavy atom. The van der Waals surface area contributed by atoms with Gasteiger partial charge in [-0.1, -0.05) is 6.92 Å². The number of halogens is 2. The van der Waals surface area contributed by atoms with Crippen LogP contribution in [0.15, 0.2) is 21.1 Å². The Morgan fingerprint density at radius 2 is 1.79 bits per heavy atom. The van der Waals surface area contributed by atoms with Gasteiger partial charge >= 0.3 is 0 Å². The summed E-state index contributed by atoms with van der Waals surface area (Å²) < 4.78 is 1.75. The zero-order valence-corrected chi connectivity index (χ0v) is 14.9. The lowest BCUT2D eigenvalue weighted by atomic mass is 10.0. The molecule has 0 atom stereocenters. The minimum absolute atomic E-state index is 0.0287. The number of benzene rings is 1. The number of hydrogen-bond acceptors (Lipinski definition) is 2. The van der Waals surface area contributed by atoms with E-state index in [9.17, 15) is 4.79 Å². The molecule has 106 valence electrons. The molecule has 0 saturated carbocycles. The van der Waals surface area contributed by atoms with Crippen LogP contribution >= 0.6 is 31.9 Å². The minimum Gasteiger partial charge on any atom is -0.323 e. The van der Waals surface area contributed by atoms with Gasteiger partial charge in [-0.05, 0) is 76.7 Å². The molecule has 0 aromatic heterocycles. The molecule has 0 radical (unpaired) electrons. The highest BCUT2D eigenvalue weighted by Crippen LogP contribution is 2.32. The molecule has 1 rings (SSSR count). The molecule has 0 spiro atoms. The molecule has 3 nitrogen and oxygen atoms in total. The molecule has 0 aliphatic heterocycles. The van der Waals surface area contributed by atoms with Gasteiger partial charge in [0.1, 0.15) is 0 Å². The van der Waals surface area contributed by atoms with Crippen LogP contribution in [-0.4, -0.2) is 18.0 Å². The van der Waals surface area contributed by atoms with Gasteiger partial charge in [-0.3, -0.25) is 4.79 Å². The van der Waals surface area contributed by atoms with Crippen LogP contribution in [0.4, 0.5) is 5.69 Å². The third-order valence-electron chi connectivity index (χ3n) is 3.06. The maximum absolute atomic E-state index is 11.9. The van der Waals surface area contributed by atoms with E-state index in [0.717, 1.165) is 26.6 Å². The van der Waals surface area contributed by atoms with Crippen LogP contribution < -0.4 is 10.6 Å². The molecule has 0 aliphatic rings. The Balaban J connectivity index is 2.68. The van der Waals surface area contributed by atoms with Crippen LogP contribution in [0.1, 0.15) is 32.8 Å². The van der Waals surface area contributed by atoms with Gasteiger partial charge in [0.05, 0.1) is 12.2 Å². The zero-order chi connectivity index (χ0) is 14.6. The van der Waals surface area contributed by atoms with Gasteiger partial charge in [0.25, 0.3) is 0 Å². The Kier molecular flexibility index (Phi) is 6.02. The Hall–Kier alpha value is -0.390. The van der Waals surface area contributed by atoms with Crippen LogP contribution in [0, 0.1) is 6.92 Å². The smallest absolute Gasteiger partial charge is 0.238 e. The van der Waals surface area contributed by atoms with Crippen molar-refractivity contribution in [1.82, 2.24) is 5.32 Å². The summed E-state index contributed by atoms with van der Waals surface area (Å²) in [6.07, 6.45) is 0.970. The van der Waals surface area contributed by atoms with E-state index in [1.54, 1.807) is 0 Å². The molecule has 2 N–H and O–H groups in total. The van der Waals surface area contributed by atoms with Gasteiger partial charge in [-0.25, -0.2) is 0 Å². The summed E-state index contributed by atoms with van der Waals surface area (Å²) in [5.41, 5.74) is 1.87. The molecular formula is C14H20Br2N2O. The summed E-state index contributed by atoms with van der Waals surface area (Å²) in [5.74, 6) is -0.0493. The summed E-state index contributed by atoms with van der Waals surface area (Å²) in [5, 5.41) is 6.14. The van der Waals surface area contributed by atoms with E-state index in [2.05, 4.69) is 63.3 Å². The number of amides is 1. The first kappa shape index (κ1) is 16.7. The van der Waals surface area contributed by atoms with Gasteiger partial charge in [0.2, 0.25) is 5.91 Å². The summed E-state index contributed by atoms with van der Waals surface area (Å²) in [7, 11) is 0. The molecule has 0 aliphatic carbocycles. The number of hydrogen-bond donors (Lipinski definition) is 2. The Bertz CT molecular complexity index is 450. The van der Waals surface area contributed by atoms with E-state index >= 15 is 0 Å². The third-order valence-corrected chi connectivity index (χ3v) is 4.31. The first-order valence-electron chi connectivity index (χ1n) is 6.25. The van der Waals surface area contributed by atoms with Crippen molar-refractivity contribution < 1.29 is 4.79 Å². The number of rotatable bonds is 5. The van der Waals surface area contributed by atoms with Gasteiger partial charge in [0, 0.05) is 14.5 Å². The summed E-state index contributed by atoms with van der Waals surface area (Å²) >= 11 is 6.93. The SMILES string of the molecule is CCC(C)(C)NCC(=O)Nc1c(Br)cc(C)cc1Br. The Morgan fingerprint density at radius 1 is 1.26 bits per heavy atom. The van der Waals surface area contributed by atoms with Crippen LogP contribution in [0.3, 0.4) is 0 Å². The monoisotopic (exact) mass is 390 g/mol. The molecule has 5 heteroatoms. The molecule has 0 fully saturated rings. The highest BCUT2D eigenvalue weighted by molar-refractivity contribution is 9.11.